The Kier molecular flexibility index (Phi) is 3.67. The summed E-state index contributed by atoms with van der Waals surface area (Å²) in [6.07, 6.45) is 0. The molecule has 0 atom stereocenters. The molecule has 0 amide bonds. The van der Waals surface area contributed by atoms with Crippen molar-refractivity contribution in [2.75, 3.05) is 0 Å². The quantitative estimate of drug-likeness (QED) is 0.403. The SMILES string of the molecule is NC1=C([S-])C(=O)c2ccccc2C1=O.[Na+]. The Morgan fingerprint density at radius 1 is 1.00 bits per heavy atom. The van der Waals surface area contributed by atoms with Gasteiger partial charge in [-0.25, -0.2) is 0 Å². The smallest absolute Gasteiger partial charge is 0.774 e. The van der Waals surface area contributed by atoms with E-state index in [4.69, 9.17) is 18.4 Å². The van der Waals surface area contributed by atoms with Crippen LogP contribution in [0.4, 0.5) is 0 Å². The molecule has 2 rings (SSSR count). The molecule has 2 N–H and O–H groups in total. The van der Waals surface area contributed by atoms with Crippen LogP contribution in [0, 0.1) is 0 Å². The second kappa shape index (κ2) is 4.45. The van der Waals surface area contributed by atoms with E-state index in [0.29, 0.717) is 11.1 Å². The second-order valence-electron chi connectivity index (χ2n) is 2.95. The third-order valence-corrected chi connectivity index (χ3v) is 2.52. The normalized spacial score (nSPS) is 14.7. The topological polar surface area (TPSA) is 60.2 Å². The van der Waals surface area contributed by atoms with Crippen molar-refractivity contribution < 1.29 is 39.1 Å². The van der Waals surface area contributed by atoms with Gasteiger partial charge < -0.3 is 18.4 Å². The fourth-order valence-corrected chi connectivity index (χ4v) is 1.57. The largest absolute Gasteiger partial charge is 1.00 e. The monoisotopic (exact) mass is 227 g/mol. The molecular formula is C10H6NNaO2S. The zero-order valence-corrected chi connectivity index (χ0v) is 10.9. The summed E-state index contributed by atoms with van der Waals surface area (Å²) in [5.41, 5.74) is 5.99. The van der Waals surface area contributed by atoms with E-state index in [1.54, 1.807) is 24.3 Å². The molecule has 0 saturated heterocycles. The molecule has 0 radical (unpaired) electrons. The van der Waals surface area contributed by atoms with Crippen LogP contribution in [0.25, 0.3) is 0 Å². The zero-order valence-electron chi connectivity index (χ0n) is 8.11. The van der Waals surface area contributed by atoms with Gasteiger partial charge in [0.05, 0.1) is 5.70 Å². The van der Waals surface area contributed by atoms with Crippen molar-refractivity contribution in [3.05, 3.63) is 46.0 Å². The fourth-order valence-electron chi connectivity index (χ4n) is 1.37. The van der Waals surface area contributed by atoms with E-state index in [2.05, 4.69) is 0 Å². The molecule has 1 aliphatic carbocycles. The molecule has 0 aromatic heterocycles. The van der Waals surface area contributed by atoms with Crippen molar-refractivity contribution in [1.82, 2.24) is 0 Å². The van der Waals surface area contributed by atoms with Crippen molar-refractivity contribution in [1.29, 1.82) is 0 Å². The van der Waals surface area contributed by atoms with E-state index in [0.717, 1.165) is 0 Å². The number of ketones is 2. The molecule has 1 aliphatic rings. The molecule has 3 nitrogen and oxygen atoms in total. The molecule has 0 bridgehead atoms. The number of benzene rings is 1. The number of carbonyl (C=O) groups is 2. The molecule has 0 fully saturated rings. The Hall–Kier alpha value is -0.680. The van der Waals surface area contributed by atoms with Gasteiger partial charge in [0.15, 0.2) is 5.78 Å². The van der Waals surface area contributed by atoms with Crippen molar-refractivity contribution in [3.8, 4) is 0 Å². The Bertz CT molecular complexity index is 439. The van der Waals surface area contributed by atoms with Crippen LogP contribution in [0.5, 0.6) is 0 Å². The van der Waals surface area contributed by atoms with E-state index in [1.807, 2.05) is 0 Å². The first-order chi connectivity index (χ1) is 6.63. The molecule has 1 aromatic carbocycles. The Balaban J connectivity index is 0.00000112. The van der Waals surface area contributed by atoms with Gasteiger partial charge in [0.2, 0.25) is 5.78 Å². The van der Waals surface area contributed by atoms with Crippen LogP contribution in [-0.2, 0) is 12.6 Å². The average Bonchev–Trinajstić information content (AvgIpc) is 2.23. The fraction of sp³-hybridized carbons (Fsp3) is 0. The maximum Gasteiger partial charge on any atom is 1.00 e. The number of Topliss-reactive ketones (excluding diaryl/α,β-unsaturated/α-hetero) is 2. The molecule has 15 heavy (non-hydrogen) atoms. The van der Waals surface area contributed by atoms with Crippen LogP contribution in [-0.4, -0.2) is 11.6 Å². The summed E-state index contributed by atoms with van der Waals surface area (Å²) in [6.45, 7) is 0. The van der Waals surface area contributed by atoms with E-state index >= 15 is 0 Å². The van der Waals surface area contributed by atoms with E-state index in [1.165, 1.54) is 0 Å². The van der Waals surface area contributed by atoms with Crippen LogP contribution in [0.1, 0.15) is 20.7 Å². The predicted octanol–water partition coefficient (Wildman–Crippen LogP) is -2.21. The van der Waals surface area contributed by atoms with Crippen LogP contribution in [0.3, 0.4) is 0 Å². The molecule has 0 heterocycles. The summed E-state index contributed by atoms with van der Waals surface area (Å²) in [6, 6.07) is 6.53. The van der Waals surface area contributed by atoms with Crippen molar-refractivity contribution >= 4 is 24.2 Å². The minimum Gasteiger partial charge on any atom is -0.774 e. The van der Waals surface area contributed by atoms with Gasteiger partial charge in [0.1, 0.15) is 0 Å². The van der Waals surface area contributed by atoms with Gasteiger partial charge in [-0.2, -0.15) is 0 Å². The standard InChI is InChI=1S/C10H7NO2S.Na/c11-7-8(12)5-3-1-2-4-6(5)9(13)10(7)14;/h1-4,14H,11H2;/q;+1/p-1. The van der Waals surface area contributed by atoms with Gasteiger partial charge >= 0.3 is 29.6 Å². The van der Waals surface area contributed by atoms with Gasteiger partial charge in [-0.3, -0.25) is 9.59 Å². The third kappa shape index (κ3) is 1.86. The Labute approximate surface area is 114 Å². The summed E-state index contributed by atoms with van der Waals surface area (Å²) in [5.74, 6) is -0.696. The number of fused-ring (bicyclic) bond motifs is 1. The maximum absolute atomic E-state index is 11.6. The second-order valence-corrected chi connectivity index (χ2v) is 3.35. The van der Waals surface area contributed by atoms with Crippen molar-refractivity contribution in [2.24, 2.45) is 5.73 Å². The van der Waals surface area contributed by atoms with Crippen LogP contribution < -0.4 is 35.3 Å². The molecule has 0 unspecified atom stereocenters. The van der Waals surface area contributed by atoms with Gasteiger partial charge in [0, 0.05) is 11.1 Å². The van der Waals surface area contributed by atoms with E-state index in [-0.39, 0.29) is 51.7 Å². The minimum atomic E-state index is -0.356. The Morgan fingerprint density at radius 3 is 2.00 bits per heavy atom. The van der Waals surface area contributed by atoms with Gasteiger partial charge in [-0.05, 0) is 0 Å². The van der Waals surface area contributed by atoms with Crippen LogP contribution in [0.2, 0.25) is 0 Å². The first-order valence-electron chi connectivity index (χ1n) is 3.98. The minimum absolute atomic E-state index is 0. The summed E-state index contributed by atoms with van der Waals surface area (Å²) in [7, 11) is 0. The van der Waals surface area contributed by atoms with Gasteiger partial charge in [0.25, 0.3) is 0 Å². The summed E-state index contributed by atoms with van der Waals surface area (Å²) in [5, 5.41) is 0. The summed E-state index contributed by atoms with van der Waals surface area (Å²) < 4.78 is 0. The molecule has 5 heteroatoms. The number of hydrogen-bond donors (Lipinski definition) is 1. The maximum atomic E-state index is 11.6. The van der Waals surface area contributed by atoms with Gasteiger partial charge in [-0.1, -0.05) is 29.2 Å². The average molecular weight is 227 g/mol. The number of carbonyl (C=O) groups excluding carboxylic acids is 2. The van der Waals surface area contributed by atoms with E-state index in [9.17, 15) is 9.59 Å². The number of allylic oxidation sites excluding steroid dienone is 2. The van der Waals surface area contributed by atoms with Crippen molar-refractivity contribution in [2.45, 2.75) is 0 Å². The molecule has 0 aliphatic heterocycles. The molecule has 1 aromatic rings. The predicted molar refractivity (Wildman–Crippen MR) is 53.7 cm³/mol. The molecule has 70 valence electrons. The van der Waals surface area contributed by atoms with Crippen molar-refractivity contribution in [3.63, 3.8) is 0 Å². The van der Waals surface area contributed by atoms with Gasteiger partial charge in [-0.15, -0.1) is 0 Å². The number of nitrogens with two attached hydrogens (primary N) is 1. The third-order valence-electron chi connectivity index (χ3n) is 2.11. The van der Waals surface area contributed by atoms with E-state index < -0.39 is 0 Å². The number of hydrogen-bond acceptors (Lipinski definition) is 4. The molecule has 0 spiro atoms. The first-order valence-corrected chi connectivity index (χ1v) is 4.39. The van der Waals surface area contributed by atoms with Crippen LogP contribution >= 0.6 is 0 Å². The summed E-state index contributed by atoms with van der Waals surface area (Å²) >= 11 is 4.77. The molecular weight excluding hydrogens is 221 g/mol. The Morgan fingerprint density at radius 2 is 1.47 bits per heavy atom. The zero-order chi connectivity index (χ0) is 10.3. The molecule has 0 saturated carbocycles. The summed E-state index contributed by atoms with van der Waals surface area (Å²) in [4.78, 5) is 23.1. The first kappa shape index (κ1) is 12.4. The van der Waals surface area contributed by atoms with Crippen LogP contribution in [0.15, 0.2) is 34.9 Å². The number of rotatable bonds is 0.